The van der Waals surface area contributed by atoms with E-state index in [9.17, 15) is 5.11 Å². The van der Waals surface area contributed by atoms with E-state index in [0.717, 1.165) is 0 Å². The van der Waals surface area contributed by atoms with Crippen LogP contribution in [-0.2, 0) is 0 Å². The fourth-order valence-corrected chi connectivity index (χ4v) is 1.22. The quantitative estimate of drug-likeness (QED) is 0.644. The van der Waals surface area contributed by atoms with Gasteiger partial charge in [0.05, 0.1) is 6.10 Å². The lowest BCUT2D eigenvalue weighted by atomic mass is 9.71. The van der Waals surface area contributed by atoms with E-state index in [-0.39, 0.29) is 16.9 Å². The third-order valence-electron chi connectivity index (χ3n) is 2.73. The van der Waals surface area contributed by atoms with Crippen LogP contribution in [0.2, 0.25) is 0 Å². The molecule has 1 N–H and O–H groups in total. The van der Waals surface area contributed by atoms with E-state index in [2.05, 4.69) is 48.5 Å². The molecule has 74 valence electrons. The van der Waals surface area contributed by atoms with Crippen molar-refractivity contribution in [2.75, 3.05) is 0 Å². The molecular formula is C11H24O. The Morgan fingerprint density at radius 3 is 1.25 bits per heavy atom. The maximum atomic E-state index is 9.99. The molecule has 0 heterocycles. The van der Waals surface area contributed by atoms with Gasteiger partial charge in [0.1, 0.15) is 0 Å². The highest BCUT2D eigenvalue weighted by atomic mass is 16.3. The molecule has 1 nitrogen and oxygen atoms in total. The number of hydrogen-bond donors (Lipinski definition) is 1. The Hall–Kier alpha value is -0.0400. The summed E-state index contributed by atoms with van der Waals surface area (Å²) in [4.78, 5) is 0. The van der Waals surface area contributed by atoms with Crippen molar-refractivity contribution in [2.45, 2.75) is 54.6 Å². The molecule has 0 radical (unpaired) electrons. The molecule has 0 aliphatic carbocycles. The SMILES string of the molecule is C[C@@H]([C@@H](O)C(C)(C)C)C(C)(C)C. The minimum Gasteiger partial charge on any atom is -0.392 e. The Kier molecular flexibility index (Phi) is 3.36. The molecule has 0 aromatic rings. The maximum Gasteiger partial charge on any atom is 0.0618 e. The van der Waals surface area contributed by atoms with Crippen LogP contribution in [0.4, 0.5) is 0 Å². The van der Waals surface area contributed by atoms with Crippen LogP contribution >= 0.6 is 0 Å². The zero-order valence-corrected chi connectivity index (χ0v) is 9.60. The van der Waals surface area contributed by atoms with Crippen LogP contribution in [0.5, 0.6) is 0 Å². The molecule has 2 atom stereocenters. The summed E-state index contributed by atoms with van der Waals surface area (Å²) >= 11 is 0. The first-order valence-corrected chi connectivity index (χ1v) is 4.75. The minimum absolute atomic E-state index is 0.00725. The highest BCUT2D eigenvalue weighted by Gasteiger charge is 2.34. The number of hydrogen-bond acceptors (Lipinski definition) is 1. The van der Waals surface area contributed by atoms with Crippen LogP contribution in [0.15, 0.2) is 0 Å². The molecule has 0 aromatic heterocycles. The van der Waals surface area contributed by atoms with Gasteiger partial charge in [-0.05, 0) is 16.7 Å². The smallest absolute Gasteiger partial charge is 0.0618 e. The lowest BCUT2D eigenvalue weighted by molar-refractivity contribution is -0.0222. The third-order valence-corrected chi connectivity index (χ3v) is 2.73. The van der Waals surface area contributed by atoms with Crippen LogP contribution in [-0.4, -0.2) is 11.2 Å². The van der Waals surface area contributed by atoms with E-state index in [1.54, 1.807) is 0 Å². The van der Waals surface area contributed by atoms with E-state index in [0.29, 0.717) is 5.92 Å². The second kappa shape index (κ2) is 3.37. The number of rotatable bonds is 1. The average molecular weight is 172 g/mol. The Morgan fingerprint density at radius 1 is 0.833 bits per heavy atom. The van der Waals surface area contributed by atoms with E-state index in [1.807, 2.05) is 0 Å². The normalized spacial score (nSPS) is 19.0. The summed E-state index contributed by atoms with van der Waals surface area (Å²) in [6.45, 7) is 14.9. The van der Waals surface area contributed by atoms with Gasteiger partial charge in [-0.25, -0.2) is 0 Å². The van der Waals surface area contributed by atoms with E-state index in [1.165, 1.54) is 0 Å². The molecule has 0 saturated carbocycles. The van der Waals surface area contributed by atoms with E-state index >= 15 is 0 Å². The van der Waals surface area contributed by atoms with Gasteiger partial charge in [0.25, 0.3) is 0 Å². The van der Waals surface area contributed by atoms with Crippen LogP contribution < -0.4 is 0 Å². The van der Waals surface area contributed by atoms with Gasteiger partial charge in [-0.3, -0.25) is 0 Å². The van der Waals surface area contributed by atoms with Gasteiger partial charge in [0, 0.05) is 0 Å². The highest BCUT2D eigenvalue weighted by molar-refractivity contribution is 4.83. The second-order valence-electron chi connectivity index (χ2n) is 5.97. The Balaban J connectivity index is 4.41. The van der Waals surface area contributed by atoms with Gasteiger partial charge < -0.3 is 5.11 Å². The van der Waals surface area contributed by atoms with Crippen molar-refractivity contribution in [3.8, 4) is 0 Å². The molecule has 12 heavy (non-hydrogen) atoms. The molecule has 0 unspecified atom stereocenters. The summed E-state index contributed by atoms with van der Waals surface area (Å²) in [5, 5.41) is 9.99. The molecule has 0 aliphatic rings. The van der Waals surface area contributed by atoms with Crippen molar-refractivity contribution in [3.05, 3.63) is 0 Å². The van der Waals surface area contributed by atoms with Crippen LogP contribution in [0.3, 0.4) is 0 Å². The standard InChI is InChI=1S/C11H24O/c1-8(10(2,3)4)9(12)11(5,6)7/h8-9,12H,1-7H3/t8-,9+/m0/s1. The van der Waals surface area contributed by atoms with Gasteiger partial charge in [-0.2, -0.15) is 0 Å². The summed E-state index contributed by atoms with van der Waals surface area (Å²) in [7, 11) is 0. The van der Waals surface area contributed by atoms with E-state index < -0.39 is 0 Å². The van der Waals surface area contributed by atoms with Gasteiger partial charge in [-0.1, -0.05) is 48.5 Å². The largest absolute Gasteiger partial charge is 0.392 e. The zero-order valence-electron chi connectivity index (χ0n) is 9.60. The molecule has 0 bridgehead atoms. The Labute approximate surface area is 77.2 Å². The monoisotopic (exact) mass is 172 g/mol. The summed E-state index contributed by atoms with van der Waals surface area (Å²) in [6, 6.07) is 0. The fourth-order valence-electron chi connectivity index (χ4n) is 1.22. The molecule has 0 rings (SSSR count). The second-order valence-corrected chi connectivity index (χ2v) is 5.97. The number of aliphatic hydroxyl groups excluding tert-OH is 1. The summed E-state index contributed by atoms with van der Waals surface area (Å²) < 4.78 is 0. The van der Waals surface area contributed by atoms with Gasteiger partial charge in [0.15, 0.2) is 0 Å². The summed E-state index contributed by atoms with van der Waals surface area (Å²) in [5.41, 5.74) is 0.180. The van der Waals surface area contributed by atoms with Crippen LogP contribution in [0.1, 0.15) is 48.5 Å². The third kappa shape index (κ3) is 3.14. The molecule has 0 aromatic carbocycles. The first kappa shape index (κ1) is 12.0. The van der Waals surface area contributed by atoms with E-state index in [4.69, 9.17) is 0 Å². The Bertz CT molecular complexity index is 118. The topological polar surface area (TPSA) is 20.2 Å². The van der Waals surface area contributed by atoms with Crippen molar-refractivity contribution in [2.24, 2.45) is 16.7 Å². The number of aliphatic hydroxyl groups is 1. The maximum absolute atomic E-state index is 9.99. The Morgan fingerprint density at radius 2 is 1.17 bits per heavy atom. The predicted octanol–water partition coefficient (Wildman–Crippen LogP) is 3.08. The lowest BCUT2D eigenvalue weighted by Gasteiger charge is -2.38. The lowest BCUT2D eigenvalue weighted by Crippen LogP contribution is -2.38. The predicted molar refractivity (Wildman–Crippen MR) is 54.1 cm³/mol. The van der Waals surface area contributed by atoms with Crippen LogP contribution in [0.25, 0.3) is 0 Å². The van der Waals surface area contributed by atoms with Gasteiger partial charge in [-0.15, -0.1) is 0 Å². The summed E-state index contributed by atoms with van der Waals surface area (Å²) in [6.07, 6.45) is -0.225. The zero-order chi connectivity index (χ0) is 10.2. The first-order chi connectivity index (χ1) is 5.07. The van der Waals surface area contributed by atoms with Crippen molar-refractivity contribution in [1.82, 2.24) is 0 Å². The van der Waals surface area contributed by atoms with Crippen LogP contribution in [0, 0.1) is 16.7 Å². The highest BCUT2D eigenvalue weighted by Crippen LogP contribution is 2.35. The first-order valence-electron chi connectivity index (χ1n) is 4.75. The van der Waals surface area contributed by atoms with Gasteiger partial charge >= 0.3 is 0 Å². The fraction of sp³-hybridized carbons (Fsp3) is 1.00. The van der Waals surface area contributed by atoms with Gasteiger partial charge in [0.2, 0.25) is 0 Å². The van der Waals surface area contributed by atoms with Crippen molar-refractivity contribution in [1.29, 1.82) is 0 Å². The molecule has 1 heteroatoms. The molecule has 0 spiro atoms. The average Bonchev–Trinajstić information content (AvgIpc) is 1.80. The minimum atomic E-state index is -0.225. The van der Waals surface area contributed by atoms with Crippen molar-refractivity contribution >= 4 is 0 Å². The molecule has 0 fully saturated rings. The molecular weight excluding hydrogens is 148 g/mol. The molecule has 0 aliphatic heterocycles. The van der Waals surface area contributed by atoms with Crippen molar-refractivity contribution < 1.29 is 5.11 Å². The molecule has 0 amide bonds. The molecule has 0 saturated heterocycles. The summed E-state index contributed by atoms with van der Waals surface area (Å²) in [5.74, 6) is 0.331. The van der Waals surface area contributed by atoms with Crippen molar-refractivity contribution in [3.63, 3.8) is 0 Å².